The number of aromatic nitrogens is 1. The molecule has 1 aliphatic carbocycles. The Balaban J connectivity index is 1.52. The van der Waals surface area contributed by atoms with Gasteiger partial charge in [-0.15, -0.1) is 11.3 Å². The number of aliphatic hydroxyl groups is 1. The largest absolute Gasteiger partial charge is 0.391 e. The first-order valence-corrected chi connectivity index (χ1v) is 8.62. The predicted octanol–water partition coefficient (Wildman–Crippen LogP) is 2.97. The van der Waals surface area contributed by atoms with E-state index in [0.717, 1.165) is 24.1 Å². The van der Waals surface area contributed by atoms with Gasteiger partial charge < -0.3 is 10.0 Å². The number of likely N-dealkylation sites (N-methyl/N-ethyl adjacent to an activating group) is 1. The molecule has 1 saturated carbocycles. The highest BCUT2D eigenvalue weighted by atomic mass is 32.1. The lowest BCUT2D eigenvalue weighted by Crippen LogP contribution is -2.37. The van der Waals surface area contributed by atoms with E-state index >= 15 is 0 Å². The van der Waals surface area contributed by atoms with Gasteiger partial charge in [-0.2, -0.15) is 0 Å². The van der Waals surface area contributed by atoms with Crippen molar-refractivity contribution in [2.45, 2.75) is 25.4 Å². The summed E-state index contributed by atoms with van der Waals surface area (Å²) < 4.78 is 0. The molecule has 3 rings (SSSR count). The predicted molar refractivity (Wildman–Crippen MR) is 91.7 cm³/mol. The van der Waals surface area contributed by atoms with E-state index in [1.54, 1.807) is 13.2 Å². The zero-order chi connectivity index (χ0) is 16.2. The number of carbonyl (C=O) groups is 1. The molecule has 23 heavy (non-hydrogen) atoms. The molecule has 122 valence electrons. The van der Waals surface area contributed by atoms with Crippen LogP contribution in [-0.2, 0) is 6.42 Å². The summed E-state index contributed by atoms with van der Waals surface area (Å²) in [6, 6.07) is 9.94. The van der Waals surface area contributed by atoms with Crippen LogP contribution in [0.15, 0.2) is 36.5 Å². The molecule has 0 bridgehead atoms. The quantitative estimate of drug-likeness (QED) is 0.855. The van der Waals surface area contributed by atoms with Crippen molar-refractivity contribution in [2.24, 2.45) is 5.92 Å². The van der Waals surface area contributed by atoms with E-state index in [4.69, 9.17) is 0 Å². The van der Waals surface area contributed by atoms with E-state index in [1.165, 1.54) is 21.8 Å². The van der Waals surface area contributed by atoms with Crippen molar-refractivity contribution >= 4 is 22.5 Å². The number of nitrogens with zero attached hydrogens (tertiary/aromatic N) is 2. The molecule has 0 saturated heterocycles. The SMILES string of the molecule is CN(CC(O)C1CC1)C(=O)Nc1ncc(Cc2ccccc2)s1. The lowest BCUT2D eigenvalue weighted by molar-refractivity contribution is 0.117. The summed E-state index contributed by atoms with van der Waals surface area (Å²) >= 11 is 1.48. The van der Waals surface area contributed by atoms with Gasteiger partial charge >= 0.3 is 6.03 Å². The molecule has 1 unspecified atom stereocenters. The van der Waals surface area contributed by atoms with Crippen LogP contribution in [0.4, 0.5) is 9.93 Å². The van der Waals surface area contributed by atoms with Crippen LogP contribution in [0.1, 0.15) is 23.3 Å². The number of aliphatic hydroxyl groups excluding tert-OH is 1. The fourth-order valence-electron chi connectivity index (χ4n) is 2.42. The van der Waals surface area contributed by atoms with Crippen LogP contribution in [0.5, 0.6) is 0 Å². The highest BCUT2D eigenvalue weighted by molar-refractivity contribution is 7.15. The van der Waals surface area contributed by atoms with Gasteiger partial charge in [0.2, 0.25) is 0 Å². The number of benzene rings is 1. The van der Waals surface area contributed by atoms with E-state index in [9.17, 15) is 9.90 Å². The number of thiazole rings is 1. The number of hydrogen-bond acceptors (Lipinski definition) is 4. The van der Waals surface area contributed by atoms with Crippen LogP contribution in [0, 0.1) is 5.92 Å². The van der Waals surface area contributed by atoms with Gasteiger partial charge in [-0.1, -0.05) is 30.3 Å². The van der Waals surface area contributed by atoms with Crippen LogP contribution in [0.2, 0.25) is 0 Å². The minimum Gasteiger partial charge on any atom is -0.391 e. The van der Waals surface area contributed by atoms with Crippen molar-refractivity contribution in [3.05, 3.63) is 47.0 Å². The van der Waals surface area contributed by atoms with Crippen molar-refractivity contribution in [2.75, 3.05) is 18.9 Å². The minimum absolute atomic E-state index is 0.231. The third-order valence-electron chi connectivity index (χ3n) is 3.96. The molecule has 1 fully saturated rings. The van der Waals surface area contributed by atoms with Crippen molar-refractivity contribution in [3.8, 4) is 0 Å². The summed E-state index contributed by atoms with van der Waals surface area (Å²) in [6.07, 6.45) is 4.31. The summed E-state index contributed by atoms with van der Waals surface area (Å²) in [6.45, 7) is 0.360. The first-order chi connectivity index (χ1) is 11.1. The molecule has 5 nitrogen and oxygen atoms in total. The lowest BCUT2D eigenvalue weighted by atomic mass is 10.1. The van der Waals surface area contributed by atoms with E-state index in [0.29, 0.717) is 17.6 Å². The number of urea groups is 1. The maximum Gasteiger partial charge on any atom is 0.323 e. The Hall–Kier alpha value is -1.92. The molecular weight excluding hydrogens is 310 g/mol. The standard InChI is InChI=1S/C17H21N3O2S/c1-20(11-15(21)13-7-8-13)17(22)19-16-18-10-14(23-16)9-12-5-3-2-4-6-12/h2-6,10,13,15,21H,7-9,11H2,1H3,(H,18,19,22). The molecule has 2 N–H and O–H groups in total. The Labute approximate surface area is 140 Å². The van der Waals surface area contributed by atoms with E-state index in [1.807, 2.05) is 18.2 Å². The Bertz CT molecular complexity index is 655. The van der Waals surface area contributed by atoms with Gasteiger partial charge in [0.25, 0.3) is 0 Å². The highest BCUT2D eigenvalue weighted by Gasteiger charge is 2.31. The second-order valence-corrected chi connectivity index (χ2v) is 7.12. The Morgan fingerprint density at radius 2 is 2.17 bits per heavy atom. The average molecular weight is 331 g/mol. The maximum atomic E-state index is 12.1. The third-order valence-corrected chi connectivity index (χ3v) is 4.88. The van der Waals surface area contributed by atoms with Crippen molar-refractivity contribution in [3.63, 3.8) is 0 Å². The highest BCUT2D eigenvalue weighted by Crippen LogP contribution is 2.32. The molecule has 1 heterocycles. The molecule has 1 aliphatic rings. The number of amides is 2. The third kappa shape index (κ3) is 4.53. The Morgan fingerprint density at radius 1 is 1.43 bits per heavy atom. The van der Waals surface area contributed by atoms with Crippen molar-refractivity contribution in [1.29, 1.82) is 0 Å². The van der Waals surface area contributed by atoms with E-state index in [2.05, 4.69) is 22.4 Å². The smallest absolute Gasteiger partial charge is 0.323 e. The summed E-state index contributed by atoms with van der Waals surface area (Å²) in [5.41, 5.74) is 1.22. The van der Waals surface area contributed by atoms with Crippen LogP contribution in [0.3, 0.4) is 0 Å². The normalized spacial score (nSPS) is 15.2. The van der Waals surface area contributed by atoms with Gasteiger partial charge in [0.1, 0.15) is 0 Å². The zero-order valence-corrected chi connectivity index (χ0v) is 13.9. The van der Waals surface area contributed by atoms with Crippen molar-refractivity contribution in [1.82, 2.24) is 9.88 Å². The molecule has 1 aromatic carbocycles. The van der Waals surface area contributed by atoms with Gasteiger partial charge in [0.15, 0.2) is 5.13 Å². The molecule has 0 spiro atoms. The van der Waals surface area contributed by atoms with Gasteiger partial charge in [-0.3, -0.25) is 5.32 Å². The fraction of sp³-hybridized carbons (Fsp3) is 0.412. The van der Waals surface area contributed by atoms with Crippen LogP contribution in [-0.4, -0.2) is 40.7 Å². The summed E-state index contributed by atoms with van der Waals surface area (Å²) in [4.78, 5) is 19.0. The number of hydrogen-bond donors (Lipinski definition) is 2. The number of anilines is 1. The van der Waals surface area contributed by atoms with Gasteiger partial charge in [-0.05, 0) is 24.3 Å². The Kier molecular flexibility index (Phi) is 4.93. The lowest BCUT2D eigenvalue weighted by Gasteiger charge is -2.20. The molecular formula is C17H21N3O2S. The first-order valence-electron chi connectivity index (χ1n) is 7.80. The maximum absolute atomic E-state index is 12.1. The molecule has 0 radical (unpaired) electrons. The molecule has 6 heteroatoms. The van der Waals surface area contributed by atoms with Crippen LogP contribution < -0.4 is 5.32 Å². The summed E-state index contributed by atoms with van der Waals surface area (Å²) in [5, 5.41) is 13.3. The number of nitrogens with one attached hydrogen (secondary N) is 1. The topological polar surface area (TPSA) is 65.5 Å². The monoisotopic (exact) mass is 331 g/mol. The van der Waals surface area contributed by atoms with E-state index < -0.39 is 6.10 Å². The van der Waals surface area contributed by atoms with E-state index in [-0.39, 0.29) is 6.03 Å². The van der Waals surface area contributed by atoms with Gasteiger partial charge in [0.05, 0.1) is 6.10 Å². The second-order valence-electron chi connectivity index (χ2n) is 6.01. The van der Waals surface area contributed by atoms with Crippen molar-refractivity contribution < 1.29 is 9.90 Å². The van der Waals surface area contributed by atoms with Crippen LogP contribution >= 0.6 is 11.3 Å². The van der Waals surface area contributed by atoms with Crippen LogP contribution in [0.25, 0.3) is 0 Å². The van der Waals surface area contributed by atoms with Gasteiger partial charge in [0, 0.05) is 31.1 Å². The van der Waals surface area contributed by atoms with Gasteiger partial charge in [-0.25, -0.2) is 9.78 Å². The molecule has 1 atom stereocenters. The summed E-state index contributed by atoms with van der Waals surface area (Å²) in [5.74, 6) is 0.364. The molecule has 1 aromatic heterocycles. The molecule has 2 amide bonds. The molecule has 2 aromatic rings. The average Bonchev–Trinajstić information content (AvgIpc) is 3.31. The number of rotatable bonds is 6. The first kappa shape index (κ1) is 16.0. The Morgan fingerprint density at radius 3 is 2.87 bits per heavy atom. The minimum atomic E-state index is -0.421. The molecule has 0 aliphatic heterocycles. The summed E-state index contributed by atoms with van der Waals surface area (Å²) in [7, 11) is 1.69. The fourth-order valence-corrected chi connectivity index (χ4v) is 3.26. The second kappa shape index (κ2) is 7.10. The number of carbonyl (C=O) groups excluding carboxylic acids is 1. The zero-order valence-electron chi connectivity index (χ0n) is 13.1.